The molecule has 0 aliphatic rings. The van der Waals surface area contributed by atoms with Gasteiger partial charge in [-0.05, 0) is 18.6 Å². The molecule has 0 aliphatic carbocycles. The Bertz CT molecular complexity index is 574. The minimum atomic E-state index is -3.82. The van der Waals surface area contributed by atoms with E-state index in [9.17, 15) is 13.2 Å². The number of carboxylic acid groups (broad SMARTS) is 1. The second-order valence-corrected chi connectivity index (χ2v) is 6.19. The van der Waals surface area contributed by atoms with E-state index in [1.807, 2.05) is 6.92 Å². The van der Waals surface area contributed by atoms with Crippen molar-refractivity contribution in [3.8, 4) is 5.75 Å². The fraction of sp³-hybridized carbons (Fsp3) is 0.462. The topological polar surface area (TPSA) is 95.9 Å². The number of aliphatic carboxylic acids is 1. The van der Waals surface area contributed by atoms with E-state index in [0.717, 1.165) is 10.7 Å². The number of hydrogen-bond acceptors (Lipinski definition) is 4. The van der Waals surface area contributed by atoms with Crippen molar-refractivity contribution in [2.45, 2.75) is 19.8 Å². The van der Waals surface area contributed by atoms with Crippen LogP contribution >= 0.6 is 0 Å². The van der Waals surface area contributed by atoms with E-state index in [1.54, 1.807) is 24.3 Å². The molecule has 118 valence electrons. The van der Waals surface area contributed by atoms with Crippen molar-refractivity contribution in [1.82, 2.24) is 4.31 Å². The van der Waals surface area contributed by atoms with E-state index in [4.69, 9.17) is 9.84 Å². The van der Waals surface area contributed by atoms with Gasteiger partial charge in [0, 0.05) is 13.6 Å². The van der Waals surface area contributed by atoms with Crippen LogP contribution in [0.3, 0.4) is 0 Å². The monoisotopic (exact) mass is 316 g/mol. The fourth-order valence-electron chi connectivity index (χ4n) is 1.48. The van der Waals surface area contributed by atoms with Crippen LogP contribution in [0.4, 0.5) is 5.69 Å². The van der Waals surface area contributed by atoms with Crippen LogP contribution in [0.15, 0.2) is 24.3 Å². The van der Waals surface area contributed by atoms with Crippen LogP contribution in [-0.2, 0) is 15.0 Å². The Morgan fingerprint density at radius 3 is 2.67 bits per heavy atom. The molecule has 0 unspecified atom stereocenters. The molecule has 8 heteroatoms. The second kappa shape index (κ2) is 7.84. The van der Waals surface area contributed by atoms with Crippen molar-refractivity contribution >= 4 is 21.9 Å². The van der Waals surface area contributed by atoms with Crippen molar-refractivity contribution in [3.63, 3.8) is 0 Å². The molecule has 1 rings (SSSR count). The van der Waals surface area contributed by atoms with E-state index in [-0.39, 0.29) is 13.0 Å². The Hall–Kier alpha value is -1.80. The third-order valence-corrected chi connectivity index (χ3v) is 4.12. The highest BCUT2D eigenvalue weighted by molar-refractivity contribution is 7.90. The van der Waals surface area contributed by atoms with Crippen LogP contribution in [0.2, 0.25) is 0 Å². The molecule has 0 atom stereocenters. The first-order valence-electron chi connectivity index (χ1n) is 6.54. The van der Waals surface area contributed by atoms with E-state index in [2.05, 4.69) is 4.72 Å². The zero-order chi connectivity index (χ0) is 15.9. The first-order chi connectivity index (χ1) is 9.86. The van der Waals surface area contributed by atoms with Crippen LogP contribution in [0.25, 0.3) is 0 Å². The highest BCUT2D eigenvalue weighted by atomic mass is 32.2. The number of anilines is 1. The normalized spacial score (nSPS) is 11.4. The Kier molecular flexibility index (Phi) is 6.44. The third-order valence-electron chi connectivity index (χ3n) is 2.64. The van der Waals surface area contributed by atoms with E-state index in [0.29, 0.717) is 18.0 Å². The minimum absolute atomic E-state index is 0.108. The van der Waals surface area contributed by atoms with Gasteiger partial charge in [-0.2, -0.15) is 12.7 Å². The van der Waals surface area contributed by atoms with Crippen molar-refractivity contribution in [1.29, 1.82) is 0 Å². The lowest BCUT2D eigenvalue weighted by atomic mass is 10.3. The first-order valence-corrected chi connectivity index (χ1v) is 7.98. The lowest BCUT2D eigenvalue weighted by Crippen LogP contribution is -2.34. The number of rotatable bonds is 9. The summed E-state index contributed by atoms with van der Waals surface area (Å²) in [5.41, 5.74) is 0.327. The molecule has 0 fully saturated rings. The molecule has 0 amide bonds. The van der Waals surface area contributed by atoms with Crippen molar-refractivity contribution in [2.75, 3.05) is 24.9 Å². The quantitative estimate of drug-likeness (QED) is 0.720. The van der Waals surface area contributed by atoms with Crippen LogP contribution in [0.1, 0.15) is 19.8 Å². The maximum Gasteiger partial charge on any atom is 0.304 e. The fourth-order valence-corrected chi connectivity index (χ4v) is 2.41. The molecular formula is C13H20N2O5S. The van der Waals surface area contributed by atoms with Gasteiger partial charge in [0.15, 0.2) is 0 Å². The van der Waals surface area contributed by atoms with Crippen LogP contribution in [0, 0.1) is 0 Å². The van der Waals surface area contributed by atoms with Crippen molar-refractivity contribution < 1.29 is 23.1 Å². The standard InChI is InChI=1S/C13H20N2O5S/c1-3-10-20-12-7-5-4-6-11(12)14-21(18,19)15(2)9-8-13(16)17/h4-7,14H,3,8-10H2,1-2H3,(H,16,17). The number of nitrogens with zero attached hydrogens (tertiary/aromatic N) is 1. The summed E-state index contributed by atoms with van der Waals surface area (Å²) in [5.74, 6) is -0.613. The van der Waals surface area contributed by atoms with Crippen LogP contribution in [0.5, 0.6) is 5.75 Å². The first kappa shape index (κ1) is 17.3. The summed E-state index contributed by atoms with van der Waals surface area (Å²) in [5, 5.41) is 8.60. The third kappa shape index (κ3) is 5.60. The van der Waals surface area contributed by atoms with Gasteiger partial charge < -0.3 is 9.84 Å². The molecular weight excluding hydrogens is 296 g/mol. The summed E-state index contributed by atoms with van der Waals surface area (Å²) < 4.78 is 33.0. The maximum absolute atomic E-state index is 12.1. The van der Waals surface area contributed by atoms with Gasteiger partial charge in [0.05, 0.1) is 18.7 Å². The molecule has 0 heterocycles. The van der Waals surface area contributed by atoms with Gasteiger partial charge in [-0.3, -0.25) is 9.52 Å². The predicted octanol–water partition coefficient (Wildman–Crippen LogP) is 1.54. The number of ether oxygens (including phenoxy) is 1. The summed E-state index contributed by atoms with van der Waals surface area (Å²) in [6.45, 7) is 2.32. The van der Waals surface area contributed by atoms with Gasteiger partial charge in [-0.25, -0.2) is 0 Å². The van der Waals surface area contributed by atoms with Crippen LogP contribution < -0.4 is 9.46 Å². The number of nitrogens with one attached hydrogen (secondary N) is 1. The SMILES string of the molecule is CCCOc1ccccc1NS(=O)(=O)N(C)CCC(=O)O. The number of benzene rings is 1. The predicted molar refractivity (Wildman–Crippen MR) is 79.7 cm³/mol. The van der Waals surface area contributed by atoms with Crippen molar-refractivity contribution in [3.05, 3.63) is 24.3 Å². The summed E-state index contributed by atoms with van der Waals surface area (Å²) in [4.78, 5) is 10.5. The molecule has 1 aromatic rings. The summed E-state index contributed by atoms with van der Waals surface area (Å²) in [6.07, 6.45) is 0.547. The Morgan fingerprint density at radius 1 is 1.38 bits per heavy atom. The van der Waals surface area contributed by atoms with Gasteiger partial charge in [-0.1, -0.05) is 19.1 Å². The average molecular weight is 316 g/mol. The molecule has 2 N–H and O–H groups in total. The molecule has 0 aromatic heterocycles. The zero-order valence-electron chi connectivity index (χ0n) is 12.1. The molecule has 0 saturated heterocycles. The number of para-hydroxylation sites is 2. The van der Waals surface area contributed by atoms with Gasteiger partial charge in [-0.15, -0.1) is 0 Å². The van der Waals surface area contributed by atoms with Crippen LogP contribution in [-0.4, -0.2) is 44.0 Å². The lowest BCUT2D eigenvalue weighted by Gasteiger charge is -2.19. The van der Waals surface area contributed by atoms with Gasteiger partial charge in [0.1, 0.15) is 5.75 Å². The highest BCUT2D eigenvalue weighted by Gasteiger charge is 2.19. The number of carboxylic acids is 1. The summed E-state index contributed by atoms with van der Waals surface area (Å²) >= 11 is 0. The lowest BCUT2D eigenvalue weighted by molar-refractivity contribution is -0.137. The molecule has 0 radical (unpaired) electrons. The molecule has 0 saturated carbocycles. The van der Waals surface area contributed by atoms with E-state index < -0.39 is 16.2 Å². The molecule has 0 bridgehead atoms. The van der Waals surface area contributed by atoms with Gasteiger partial charge >= 0.3 is 16.2 Å². The van der Waals surface area contributed by atoms with Crippen molar-refractivity contribution in [2.24, 2.45) is 0 Å². The second-order valence-electron chi connectivity index (χ2n) is 4.42. The average Bonchev–Trinajstić information content (AvgIpc) is 2.43. The van der Waals surface area contributed by atoms with Gasteiger partial charge in [0.2, 0.25) is 0 Å². The smallest absolute Gasteiger partial charge is 0.304 e. The number of hydrogen-bond donors (Lipinski definition) is 2. The molecule has 0 spiro atoms. The van der Waals surface area contributed by atoms with E-state index in [1.165, 1.54) is 7.05 Å². The zero-order valence-corrected chi connectivity index (χ0v) is 12.9. The molecule has 7 nitrogen and oxygen atoms in total. The van der Waals surface area contributed by atoms with E-state index >= 15 is 0 Å². The summed E-state index contributed by atoms with van der Waals surface area (Å²) in [6, 6.07) is 6.70. The Labute approximate surface area is 124 Å². The van der Waals surface area contributed by atoms with Gasteiger partial charge in [0.25, 0.3) is 0 Å². The highest BCUT2D eigenvalue weighted by Crippen LogP contribution is 2.25. The Morgan fingerprint density at radius 2 is 2.05 bits per heavy atom. The molecule has 1 aromatic carbocycles. The minimum Gasteiger partial charge on any atom is -0.491 e. The Balaban J connectivity index is 2.81. The largest absolute Gasteiger partial charge is 0.491 e. The summed E-state index contributed by atoms with van der Waals surface area (Å²) in [7, 11) is -2.50. The molecule has 0 aliphatic heterocycles. The molecule has 21 heavy (non-hydrogen) atoms. The number of carbonyl (C=O) groups is 1. The maximum atomic E-state index is 12.1.